The molecule has 4 nitrogen and oxygen atoms in total. The molecule has 0 rings (SSSR count). The van der Waals surface area contributed by atoms with E-state index in [4.69, 9.17) is 0 Å². The quantitative estimate of drug-likeness (QED) is 0.163. The lowest BCUT2D eigenvalue weighted by Gasteiger charge is -2.14. The second kappa shape index (κ2) is 8.29. The molecule has 0 fully saturated rings. The van der Waals surface area contributed by atoms with Crippen molar-refractivity contribution >= 4 is 12.3 Å². The van der Waals surface area contributed by atoms with E-state index in [9.17, 15) is 4.79 Å². The smallest absolute Gasteiger partial charge is 0.323 e. The zero-order chi connectivity index (χ0) is 10.8. The second-order valence-electron chi connectivity index (χ2n) is 2.98. The number of unbranched alkanes of at least 4 members (excludes halogenated alkanes) is 1. The van der Waals surface area contributed by atoms with Gasteiger partial charge in [-0.25, -0.2) is 0 Å². The average Bonchev–Trinajstić information content (AvgIpc) is 2.20. The minimum absolute atomic E-state index is 0.310. The minimum atomic E-state index is 0.310. The number of carbonyl (C=O) groups is 1. The molecule has 0 saturated heterocycles. The van der Waals surface area contributed by atoms with E-state index in [1.54, 1.807) is 6.92 Å². The van der Waals surface area contributed by atoms with Crippen LogP contribution in [-0.4, -0.2) is 30.8 Å². The van der Waals surface area contributed by atoms with Crippen molar-refractivity contribution in [2.75, 3.05) is 13.6 Å². The molecular formula is C10H18N2O2. The molecule has 0 spiro atoms. The van der Waals surface area contributed by atoms with Crippen molar-refractivity contribution in [1.82, 2.24) is 4.90 Å². The highest BCUT2D eigenvalue weighted by molar-refractivity contribution is 5.79. The van der Waals surface area contributed by atoms with Crippen LogP contribution in [0.25, 0.3) is 0 Å². The summed E-state index contributed by atoms with van der Waals surface area (Å²) >= 11 is 0. The number of hydrogen-bond acceptors (Lipinski definition) is 3. The molecule has 0 radical (unpaired) electrons. The fourth-order valence-electron chi connectivity index (χ4n) is 0.817. The second-order valence-corrected chi connectivity index (χ2v) is 2.98. The highest BCUT2D eigenvalue weighted by atomic mass is 16.7. The molecule has 0 saturated carbocycles. The summed E-state index contributed by atoms with van der Waals surface area (Å²) in [7, 11) is 1.89. The maximum atomic E-state index is 9.87. The van der Waals surface area contributed by atoms with E-state index < -0.39 is 0 Å². The van der Waals surface area contributed by atoms with Gasteiger partial charge in [0.2, 0.25) is 0 Å². The van der Waals surface area contributed by atoms with Gasteiger partial charge in [-0.1, -0.05) is 30.7 Å². The highest BCUT2D eigenvalue weighted by Gasteiger charge is 1.97. The Labute approximate surface area is 85.2 Å². The lowest BCUT2D eigenvalue weighted by atomic mass is 10.3. The summed E-state index contributed by atoms with van der Waals surface area (Å²) in [4.78, 5) is 16.1. The molecule has 0 aromatic rings. The number of hydrogen-bond donors (Lipinski definition) is 0. The molecule has 14 heavy (non-hydrogen) atoms. The third kappa shape index (κ3) is 6.22. The first-order chi connectivity index (χ1) is 6.72. The van der Waals surface area contributed by atoms with Gasteiger partial charge in [0.1, 0.15) is 5.84 Å². The molecule has 0 atom stereocenters. The van der Waals surface area contributed by atoms with E-state index in [1.165, 1.54) is 0 Å². The minimum Gasteiger partial charge on any atom is -0.357 e. The van der Waals surface area contributed by atoms with Gasteiger partial charge in [0.15, 0.2) is 0 Å². The normalized spacial score (nSPS) is 11.8. The summed E-state index contributed by atoms with van der Waals surface area (Å²) in [5, 5.41) is 3.58. The number of likely N-dealkylation sites (N-methyl/N-ethyl adjacent to an activating group) is 1. The maximum absolute atomic E-state index is 9.87. The van der Waals surface area contributed by atoms with Crippen molar-refractivity contribution in [3.63, 3.8) is 0 Å². The van der Waals surface area contributed by atoms with Gasteiger partial charge in [0, 0.05) is 13.6 Å². The van der Waals surface area contributed by atoms with E-state index in [-0.39, 0.29) is 0 Å². The Bertz CT molecular complexity index is 212. The molecular weight excluding hydrogens is 180 g/mol. The van der Waals surface area contributed by atoms with Crippen molar-refractivity contribution < 1.29 is 9.63 Å². The summed E-state index contributed by atoms with van der Waals surface area (Å²) in [6, 6.07) is 0. The number of amidine groups is 1. The standard InChI is InChI=1S/C10H18N2O2/c1-4-5-6-7-8-12(3)10(2)11-14-9-13/h6-7,9H,4-5,8H2,1-3H3/b7-6-,11-10-. The average molecular weight is 198 g/mol. The Morgan fingerprint density at radius 2 is 2.21 bits per heavy atom. The fraction of sp³-hybridized carbons (Fsp3) is 0.600. The molecule has 0 aliphatic heterocycles. The van der Waals surface area contributed by atoms with E-state index >= 15 is 0 Å². The lowest BCUT2D eigenvalue weighted by Crippen LogP contribution is -2.24. The summed E-state index contributed by atoms with van der Waals surface area (Å²) in [5.74, 6) is 0.679. The van der Waals surface area contributed by atoms with Crippen molar-refractivity contribution in [3.8, 4) is 0 Å². The van der Waals surface area contributed by atoms with Gasteiger partial charge in [-0.2, -0.15) is 0 Å². The van der Waals surface area contributed by atoms with Crippen LogP contribution in [0, 0.1) is 0 Å². The molecule has 0 aromatic heterocycles. The fourth-order valence-corrected chi connectivity index (χ4v) is 0.817. The van der Waals surface area contributed by atoms with E-state index in [0.29, 0.717) is 12.3 Å². The first-order valence-electron chi connectivity index (χ1n) is 4.72. The van der Waals surface area contributed by atoms with E-state index in [0.717, 1.165) is 19.4 Å². The van der Waals surface area contributed by atoms with Gasteiger partial charge in [-0.15, -0.1) is 0 Å². The molecule has 4 heteroatoms. The molecule has 0 bridgehead atoms. The van der Waals surface area contributed by atoms with Gasteiger partial charge in [0.05, 0.1) is 0 Å². The molecule has 0 heterocycles. The van der Waals surface area contributed by atoms with Crippen LogP contribution in [0.15, 0.2) is 17.3 Å². The van der Waals surface area contributed by atoms with Crippen LogP contribution in [-0.2, 0) is 9.63 Å². The lowest BCUT2D eigenvalue weighted by molar-refractivity contribution is -0.128. The van der Waals surface area contributed by atoms with Crippen molar-refractivity contribution in [2.45, 2.75) is 26.7 Å². The van der Waals surface area contributed by atoms with Gasteiger partial charge in [-0.05, 0) is 13.3 Å². The maximum Gasteiger partial charge on any atom is 0.323 e. The van der Waals surface area contributed by atoms with Crippen LogP contribution in [0.3, 0.4) is 0 Å². The summed E-state index contributed by atoms with van der Waals surface area (Å²) in [5.41, 5.74) is 0. The van der Waals surface area contributed by atoms with Crippen LogP contribution in [0.2, 0.25) is 0 Å². The molecule has 80 valence electrons. The van der Waals surface area contributed by atoms with Crippen LogP contribution in [0.4, 0.5) is 0 Å². The molecule has 0 aliphatic rings. The van der Waals surface area contributed by atoms with E-state index in [2.05, 4.69) is 29.1 Å². The molecule has 0 N–H and O–H groups in total. The van der Waals surface area contributed by atoms with Crippen molar-refractivity contribution in [3.05, 3.63) is 12.2 Å². The summed E-state index contributed by atoms with van der Waals surface area (Å²) < 4.78 is 0. The third-order valence-electron chi connectivity index (χ3n) is 1.78. The summed E-state index contributed by atoms with van der Waals surface area (Å²) in [6.07, 6.45) is 6.45. The Hall–Kier alpha value is -1.32. The van der Waals surface area contributed by atoms with Crippen LogP contribution in [0.5, 0.6) is 0 Å². The Kier molecular flexibility index (Phi) is 7.50. The first-order valence-corrected chi connectivity index (χ1v) is 4.72. The predicted octanol–water partition coefficient (Wildman–Crippen LogP) is 1.78. The molecule has 0 unspecified atom stereocenters. The molecule has 0 aliphatic carbocycles. The van der Waals surface area contributed by atoms with Gasteiger partial charge in [-0.3, -0.25) is 4.79 Å². The van der Waals surface area contributed by atoms with Gasteiger partial charge < -0.3 is 9.74 Å². The van der Waals surface area contributed by atoms with Crippen LogP contribution < -0.4 is 0 Å². The topological polar surface area (TPSA) is 41.9 Å². The Balaban J connectivity index is 3.82. The third-order valence-corrected chi connectivity index (χ3v) is 1.78. The number of carbonyl (C=O) groups excluding carboxylic acids is 1. The van der Waals surface area contributed by atoms with E-state index in [1.807, 2.05) is 11.9 Å². The number of allylic oxidation sites excluding steroid dienone is 1. The number of oxime groups is 1. The Morgan fingerprint density at radius 3 is 2.79 bits per heavy atom. The number of rotatable bonds is 6. The zero-order valence-corrected chi connectivity index (χ0v) is 9.06. The van der Waals surface area contributed by atoms with Crippen LogP contribution >= 0.6 is 0 Å². The molecule has 0 amide bonds. The first kappa shape index (κ1) is 12.7. The van der Waals surface area contributed by atoms with Gasteiger partial charge in [0.25, 0.3) is 0 Å². The zero-order valence-electron chi connectivity index (χ0n) is 9.06. The summed E-state index contributed by atoms with van der Waals surface area (Å²) in [6.45, 7) is 5.01. The SMILES string of the molecule is CCC/C=C\CN(C)/C(C)=N\OC=O. The van der Waals surface area contributed by atoms with Crippen LogP contribution in [0.1, 0.15) is 26.7 Å². The Morgan fingerprint density at radius 1 is 1.50 bits per heavy atom. The predicted molar refractivity (Wildman–Crippen MR) is 56.9 cm³/mol. The monoisotopic (exact) mass is 198 g/mol. The van der Waals surface area contributed by atoms with Gasteiger partial charge >= 0.3 is 6.47 Å². The highest BCUT2D eigenvalue weighted by Crippen LogP contribution is 1.92. The number of nitrogens with zero attached hydrogens (tertiary/aromatic N) is 2. The molecule has 0 aromatic carbocycles. The largest absolute Gasteiger partial charge is 0.357 e. The van der Waals surface area contributed by atoms with Crippen molar-refractivity contribution in [2.24, 2.45) is 5.16 Å². The van der Waals surface area contributed by atoms with Crippen molar-refractivity contribution in [1.29, 1.82) is 0 Å².